The molecule has 0 aliphatic heterocycles. The summed E-state index contributed by atoms with van der Waals surface area (Å²) in [5, 5.41) is 3.01. The highest BCUT2D eigenvalue weighted by atomic mass is 35.5. The van der Waals surface area contributed by atoms with Crippen molar-refractivity contribution in [2.75, 3.05) is 17.6 Å². The van der Waals surface area contributed by atoms with Crippen molar-refractivity contribution in [3.63, 3.8) is 0 Å². The Morgan fingerprint density at radius 2 is 2.25 bits per heavy atom. The van der Waals surface area contributed by atoms with Crippen molar-refractivity contribution < 1.29 is 4.79 Å². The number of aromatic nitrogens is 2. The molecule has 0 saturated carbocycles. The minimum atomic E-state index is -0.691. The van der Waals surface area contributed by atoms with Crippen molar-refractivity contribution in [2.45, 2.75) is 13.8 Å². The Hall–Kier alpha value is -1.56. The Balaban J connectivity index is 2.75. The second kappa shape index (κ2) is 4.52. The van der Waals surface area contributed by atoms with Crippen LogP contribution in [0.3, 0.4) is 0 Å². The minimum Gasteiger partial charge on any atom is -0.394 e. The van der Waals surface area contributed by atoms with Gasteiger partial charge in [-0.25, -0.2) is 4.98 Å². The molecule has 0 aliphatic rings. The largest absolute Gasteiger partial charge is 0.394 e. The second-order valence-electron chi connectivity index (χ2n) is 4.04. The number of rotatable bonds is 4. The van der Waals surface area contributed by atoms with Gasteiger partial charge < -0.3 is 16.8 Å². The van der Waals surface area contributed by atoms with Crippen LogP contribution in [0, 0.1) is 5.41 Å². The van der Waals surface area contributed by atoms with E-state index in [1.807, 2.05) is 0 Å². The lowest BCUT2D eigenvalue weighted by molar-refractivity contribution is -0.125. The van der Waals surface area contributed by atoms with E-state index < -0.39 is 11.3 Å². The van der Waals surface area contributed by atoms with Gasteiger partial charge in [-0.1, -0.05) is 0 Å². The molecule has 0 aliphatic carbocycles. The zero-order valence-electron chi connectivity index (χ0n) is 9.12. The summed E-state index contributed by atoms with van der Waals surface area (Å²) in [4.78, 5) is 18.7. The number of hydrogen-bond donors (Lipinski definition) is 3. The van der Waals surface area contributed by atoms with Crippen LogP contribution in [0.2, 0.25) is 5.28 Å². The van der Waals surface area contributed by atoms with Crippen LogP contribution in [0.15, 0.2) is 6.20 Å². The molecule has 1 aromatic heterocycles. The number of nitrogens with zero attached hydrogens (tertiary/aromatic N) is 2. The summed E-state index contributed by atoms with van der Waals surface area (Å²) in [5.74, 6) is -0.00644. The van der Waals surface area contributed by atoms with Crippen molar-refractivity contribution >= 4 is 29.0 Å². The first-order valence-corrected chi connectivity index (χ1v) is 5.02. The Bertz CT molecular complexity index is 407. The molecule has 0 fully saturated rings. The molecule has 6 nitrogen and oxygen atoms in total. The Kier molecular flexibility index (Phi) is 3.54. The zero-order chi connectivity index (χ0) is 12.3. The number of hydrogen-bond acceptors (Lipinski definition) is 5. The smallest absolute Gasteiger partial charge is 0.224 e. The van der Waals surface area contributed by atoms with Gasteiger partial charge in [-0.15, -0.1) is 0 Å². The molecular formula is C9H14ClN5O. The molecule has 1 amide bonds. The molecule has 0 saturated heterocycles. The van der Waals surface area contributed by atoms with Crippen LogP contribution >= 0.6 is 11.6 Å². The molecule has 1 heterocycles. The Morgan fingerprint density at radius 3 is 2.81 bits per heavy atom. The van der Waals surface area contributed by atoms with Crippen LogP contribution in [0.25, 0.3) is 0 Å². The van der Waals surface area contributed by atoms with Gasteiger partial charge in [-0.05, 0) is 25.4 Å². The van der Waals surface area contributed by atoms with Gasteiger partial charge in [0, 0.05) is 6.54 Å². The normalized spacial score (nSPS) is 11.2. The van der Waals surface area contributed by atoms with Crippen LogP contribution in [-0.2, 0) is 4.79 Å². The molecule has 0 spiro atoms. The monoisotopic (exact) mass is 243 g/mol. The van der Waals surface area contributed by atoms with Crippen LogP contribution in [0.1, 0.15) is 13.8 Å². The fraction of sp³-hybridized carbons (Fsp3) is 0.444. The number of nitrogens with two attached hydrogens (primary N) is 2. The molecule has 7 heteroatoms. The first-order valence-electron chi connectivity index (χ1n) is 4.65. The number of nitrogens with one attached hydrogen (secondary N) is 1. The van der Waals surface area contributed by atoms with E-state index in [4.69, 9.17) is 23.1 Å². The summed E-state index contributed by atoms with van der Waals surface area (Å²) in [6, 6.07) is 0. The van der Waals surface area contributed by atoms with Gasteiger partial charge >= 0.3 is 0 Å². The summed E-state index contributed by atoms with van der Waals surface area (Å²) < 4.78 is 0. The third-order valence-corrected chi connectivity index (χ3v) is 2.33. The van der Waals surface area contributed by atoms with Crippen molar-refractivity contribution in [3.05, 3.63) is 11.5 Å². The van der Waals surface area contributed by atoms with Crippen LogP contribution in [0.4, 0.5) is 11.5 Å². The molecule has 0 radical (unpaired) electrons. The average Bonchev–Trinajstić information content (AvgIpc) is 2.19. The van der Waals surface area contributed by atoms with E-state index >= 15 is 0 Å². The number of nitrogen functional groups attached to an aromatic ring is 1. The predicted molar refractivity (Wildman–Crippen MR) is 62.9 cm³/mol. The van der Waals surface area contributed by atoms with E-state index in [1.54, 1.807) is 13.8 Å². The highest BCUT2D eigenvalue weighted by Gasteiger charge is 2.25. The summed E-state index contributed by atoms with van der Waals surface area (Å²) in [6.45, 7) is 3.77. The molecule has 0 bridgehead atoms. The molecule has 5 N–H and O–H groups in total. The summed E-state index contributed by atoms with van der Waals surface area (Å²) in [6.07, 6.45) is 1.40. The molecular weight excluding hydrogens is 230 g/mol. The molecule has 88 valence electrons. The van der Waals surface area contributed by atoms with E-state index in [-0.39, 0.29) is 5.28 Å². The van der Waals surface area contributed by atoms with Gasteiger partial charge in [0.05, 0.1) is 17.3 Å². The van der Waals surface area contributed by atoms with E-state index in [9.17, 15) is 4.79 Å². The van der Waals surface area contributed by atoms with Gasteiger partial charge in [0.15, 0.2) is 5.82 Å². The third-order valence-electron chi connectivity index (χ3n) is 2.15. The van der Waals surface area contributed by atoms with E-state index in [0.717, 1.165) is 0 Å². The second-order valence-corrected chi connectivity index (χ2v) is 4.38. The van der Waals surface area contributed by atoms with Crippen molar-refractivity contribution in [2.24, 2.45) is 11.1 Å². The topological polar surface area (TPSA) is 107 Å². The van der Waals surface area contributed by atoms with E-state index in [1.165, 1.54) is 6.20 Å². The third kappa shape index (κ3) is 2.96. The lowest BCUT2D eigenvalue weighted by Gasteiger charge is -2.21. The highest BCUT2D eigenvalue weighted by molar-refractivity contribution is 6.28. The quantitative estimate of drug-likeness (QED) is 0.673. The summed E-state index contributed by atoms with van der Waals surface area (Å²) >= 11 is 5.62. The first-order chi connectivity index (χ1) is 7.33. The maximum Gasteiger partial charge on any atom is 0.224 e. The van der Waals surface area contributed by atoms with Crippen LogP contribution in [-0.4, -0.2) is 22.4 Å². The summed E-state index contributed by atoms with van der Waals surface area (Å²) in [7, 11) is 0. The maximum atomic E-state index is 11.1. The maximum absolute atomic E-state index is 11.1. The Morgan fingerprint density at radius 1 is 1.62 bits per heavy atom. The number of primary amides is 1. The van der Waals surface area contributed by atoms with Crippen LogP contribution < -0.4 is 16.8 Å². The summed E-state index contributed by atoms with van der Waals surface area (Å²) in [5.41, 5.74) is 10.5. The number of carbonyl (C=O) groups is 1. The molecule has 16 heavy (non-hydrogen) atoms. The molecule has 0 unspecified atom stereocenters. The van der Waals surface area contributed by atoms with Gasteiger partial charge in [0.1, 0.15) is 0 Å². The highest BCUT2D eigenvalue weighted by Crippen LogP contribution is 2.19. The molecule has 0 aromatic carbocycles. The Labute approximate surface area is 98.4 Å². The lowest BCUT2D eigenvalue weighted by Crippen LogP contribution is -2.37. The molecule has 1 rings (SSSR count). The zero-order valence-corrected chi connectivity index (χ0v) is 9.88. The first kappa shape index (κ1) is 12.5. The number of amides is 1. The van der Waals surface area contributed by atoms with Crippen molar-refractivity contribution in [3.8, 4) is 0 Å². The number of anilines is 2. The van der Waals surface area contributed by atoms with Gasteiger partial charge in [0.25, 0.3) is 0 Å². The SMILES string of the molecule is CC(C)(CNc1nc(Cl)ncc1N)C(N)=O. The van der Waals surface area contributed by atoms with E-state index in [0.29, 0.717) is 18.1 Å². The standard InChI is InChI=1S/C9H14ClN5O/c1-9(2,7(12)16)4-14-6-5(11)3-13-8(10)15-6/h3H,4,11H2,1-2H3,(H2,12,16)(H,13,14,15). The van der Waals surface area contributed by atoms with Crippen molar-refractivity contribution in [1.29, 1.82) is 0 Å². The number of halogens is 1. The lowest BCUT2D eigenvalue weighted by atomic mass is 9.93. The van der Waals surface area contributed by atoms with Gasteiger partial charge in [0.2, 0.25) is 11.2 Å². The van der Waals surface area contributed by atoms with Gasteiger partial charge in [-0.2, -0.15) is 4.98 Å². The predicted octanol–water partition coefficient (Wildman–Crippen LogP) is 0.636. The molecule has 1 aromatic rings. The fourth-order valence-corrected chi connectivity index (χ4v) is 1.04. The average molecular weight is 244 g/mol. The molecule has 0 atom stereocenters. The fourth-order valence-electron chi connectivity index (χ4n) is 0.903. The number of carbonyl (C=O) groups excluding carboxylic acids is 1. The minimum absolute atomic E-state index is 0.0913. The van der Waals surface area contributed by atoms with Crippen molar-refractivity contribution in [1.82, 2.24) is 9.97 Å². The van der Waals surface area contributed by atoms with E-state index in [2.05, 4.69) is 15.3 Å². The van der Waals surface area contributed by atoms with Gasteiger partial charge in [-0.3, -0.25) is 4.79 Å². The van der Waals surface area contributed by atoms with Crippen LogP contribution in [0.5, 0.6) is 0 Å².